The van der Waals surface area contributed by atoms with Gasteiger partial charge in [0.1, 0.15) is 0 Å². The van der Waals surface area contributed by atoms with Crippen molar-refractivity contribution in [2.45, 2.75) is 20.3 Å². The van der Waals surface area contributed by atoms with Crippen molar-refractivity contribution in [2.75, 3.05) is 0 Å². The van der Waals surface area contributed by atoms with Gasteiger partial charge in [0, 0.05) is 22.2 Å². The lowest BCUT2D eigenvalue weighted by Gasteiger charge is -1.92. The van der Waals surface area contributed by atoms with E-state index in [9.17, 15) is 4.79 Å². The number of benzene rings is 1. The third kappa shape index (κ3) is 1.23. The minimum atomic E-state index is 0.808. The number of carbonyl (C=O) groups excluding carboxylic acids is 1. The molecule has 1 N–H and O–H groups in total. The zero-order chi connectivity index (χ0) is 10.1. The monoisotopic (exact) mass is 187 g/mol. The molecule has 72 valence electrons. The number of rotatable bonds is 2. The molecule has 1 heterocycles. The Balaban J connectivity index is 2.79. The molecule has 0 saturated carbocycles. The molecule has 0 amide bonds. The van der Waals surface area contributed by atoms with Crippen LogP contribution in [0.1, 0.15) is 28.5 Å². The van der Waals surface area contributed by atoms with Gasteiger partial charge in [-0.2, -0.15) is 0 Å². The number of carbonyl (C=O) groups is 1. The number of aldehydes is 1. The maximum atomic E-state index is 10.9. The first kappa shape index (κ1) is 9.00. The number of hydrogen-bond donors (Lipinski definition) is 1. The fourth-order valence-electron chi connectivity index (χ4n) is 1.80. The van der Waals surface area contributed by atoms with E-state index in [0.29, 0.717) is 0 Å². The Labute approximate surface area is 82.9 Å². The number of aryl methyl sites for hydroxylation is 2. The summed E-state index contributed by atoms with van der Waals surface area (Å²) in [5.74, 6) is 0. The van der Waals surface area contributed by atoms with Crippen LogP contribution in [0.4, 0.5) is 0 Å². The molecule has 0 spiro atoms. The molecule has 2 nitrogen and oxygen atoms in total. The Morgan fingerprint density at radius 2 is 2.21 bits per heavy atom. The Morgan fingerprint density at radius 3 is 2.86 bits per heavy atom. The van der Waals surface area contributed by atoms with Crippen molar-refractivity contribution < 1.29 is 4.79 Å². The minimum absolute atomic E-state index is 0.808. The zero-order valence-electron chi connectivity index (χ0n) is 8.42. The summed E-state index contributed by atoms with van der Waals surface area (Å²) in [5.41, 5.74) is 4.10. The predicted octanol–water partition coefficient (Wildman–Crippen LogP) is 2.85. The highest BCUT2D eigenvalue weighted by molar-refractivity contribution is 5.99. The zero-order valence-corrected chi connectivity index (χ0v) is 8.42. The van der Waals surface area contributed by atoms with Crippen LogP contribution in [0, 0.1) is 6.92 Å². The van der Waals surface area contributed by atoms with Crippen molar-refractivity contribution >= 4 is 17.2 Å². The standard InChI is InChI=1S/C12H13NO/c1-3-11-10(7-14)9-5-4-8(2)6-12(9)13-11/h4-7,13H,3H2,1-2H3. The van der Waals surface area contributed by atoms with Crippen molar-refractivity contribution in [3.05, 3.63) is 35.0 Å². The van der Waals surface area contributed by atoms with E-state index < -0.39 is 0 Å². The number of nitrogens with one attached hydrogen (secondary N) is 1. The van der Waals surface area contributed by atoms with Crippen molar-refractivity contribution in [3.8, 4) is 0 Å². The van der Waals surface area contributed by atoms with E-state index in [2.05, 4.69) is 11.1 Å². The number of aromatic amines is 1. The van der Waals surface area contributed by atoms with Crippen LogP contribution in [-0.4, -0.2) is 11.3 Å². The Hall–Kier alpha value is -1.57. The smallest absolute Gasteiger partial charge is 0.152 e. The van der Waals surface area contributed by atoms with Gasteiger partial charge in [0.2, 0.25) is 0 Å². The molecular weight excluding hydrogens is 174 g/mol. The topological polar surface area (TPSA) is 32.9 Å². The average Bonchev–Trinajstić information content (AvgIpc) is 2.54. The molecule has 0 bridgehead atoms. The third-order valence-electron chi connectivity index (χ3n) is 2.55. The first-order valence-electron chi connectivity index (χ1n) is 4.82. The van der Waals surface area contributed by atoms with Crippen LogP contribution in [0.3, 0.4) is 0 Å². The molecular formula is C12H13NO. The quantitative estimate of drug-likeness (QED) is 0.720. The average molecular weight is 187 g/mol. The van der Waals surface area contributed by atoms with Crippen LogP contribution in [0.15, 0.2) is 18.2 Å². The van der Waals surface area contributed by atoms with Crippen molar-refractivity contribution in [1.82, 2.24) is 4.98 Å². The Morgan fingerprint density at radius 1 is 1.43 bits per heavy atom. The van der Waals surface area contributed by atoms with Crippen molar-refractivity contribution in [2.24, 2.45) is 0 Å². The van der Waals surface area contributed by atoms with Crippen LogP contribution in [0.2, 0.25) is 0 Å². The third-order valence-corrected chi connectivity index (χ3v) is 2.55. The highest BCUT2D eigenvalue weighted by Crippen LogP contribution is 2.22. The summed E-state index contributed by atoms with van der Waals surface area (Å²) < 4.78 is 0. The van der Waals surface area contributed by atoms with Gasteiger partial charge in [0.25, 0.3) is 0 Å². The maximum Gasteiger partial charge on any atom is 0.152 e. The second-order valence-corrected chi connectivity index (χ2v) is 3.54. The summed E-state index contributed by atoms with van der Waals surface area (Å²) in [7, 11) is 0. The Bertz CT molecular complexity index is 482. The molecule has 14 heavy (non-hydrogen) atoms. The summed E-state index contributed by atoms with van der Waals surface area (Å²) in [6.07, 6.45) is 1.80. The molecule has 0 aliphatic rings. The van der Waals surface area contributed by atoms with Gasteiger partial charge in [-0.15, -0.1) is 0 Å². The number of aromatic nitrogens is 1. The molecule has 1 aromatic heterocycles. The van der Waals surface area contributed by atoms with Gasteiger partial charge in [-0.3, -0.25) is 4.79 Å². The molecule has 2 heteroatoms. The van der Waals surface area contributed by atoms with E-state index in [1.54, 1.807) is 0 Å². The molecule has 0 atom stereocenters. The SMILES string of the molecule is CCc1[nH]c2cc(C)ccc2c1C=O. The van der Waals surface area contributed by atoms with Crippen LogP contribution in [0.25, 0.3) is 10.9 Å². The molecule has 2 aromatic rings. The van der Waals surface area contributed by atoms with Crippen LogP contribution < -0.4 is 0 Å². The fraction of sp³-hybridized carbons (Fsp3) is 0.250. The molecule has 1 aromatic carbocycles. The molecule has 0 unspecified atom stereocenters. The second kappa shape index (κ2) is 3.29. The van der Waals surface area contributed by atoms with E-state index in [0.717, 1.165) is 34.9 Å². The van der Waals surface area contributed by atoms with Gasteiger partial charge in [-0.1, -0.05) is 19.1 Å². The van der Waals surface area contributed by atoms with E-state index >= 15 is 0 Å². The lowest BCUT2D eigenvalue weighted by molar-refractivity contribution is 0.112. The van der Waals surface area contributed by atoms with Gasteiger partial charge in [-0.25, -0.2) is 0 Å². The highest BCUT2D eigenvalue weighted by atomic mass is 16.1. The van der Waals surface area contributed by atoms with Crippen molar-refractivity contribution in [1.29, 1.82) is 0 Å². The minimum Gasteiger partial charge on any atom is -0.358 e. The number of hydrogen-bond acceptors (Lipinski definition) is 1. The summed E-state index contributed by atoms with van der Waals surface area (Å²) in [5, 5.41) is 1.03. The van der Waals surface area contributed by atoms with Gasteiger partial charge in [-0.05, 0) is 25.0 Å². The van der Waals surface area contributed by atoms with E-state index in [4.69, 9.17) is 0 Å². The summed E-state index contributed by atoms with van der Waals surface area (Å²) in [6.45, 7) is 4.09. The first-order valence-corrected chi connectivity index (χ1v) is 4.82. The molecule has 0 fully saturated rings. The lowest BCUT2D eigenvalue weighted by Crippen LogP contribution is -1.85. The van der Waals surface area contributed by atoms with Crippen LogP contribution >= 0.6 is 0 Å². The van der Waals surface area contributed by atoms with Crippen LogP contribution in [0.5, 0.6) is 0 Å². The number of fused-ring (bicyclic) bond motifs is 1. The lowest BCUT2D eigenvalue weighted by atomic mass is 10.1. The van der Waals surface area contributed by atoms with Gasteiger partial charge in [0.05, 0.1) is 0 Å². The summed E-state index contributed by atoms with van der Waals surface area (Å²) in [4.78, 5) is 14.2. The van der Waals surface area contributed by atoms with Gasteiger partial charge < -0.3 is 4.98 Å². The maximum absolute atomic E-state index is 10.9. The fourth-order valence-corrected chi connectivity index (χ4v) is 1.80. The molecule has 0 radical (unpaired) electrons. The number of H-pyrrole nitrogens is 1. The molecule has 0 aliphatic carbocycles. The van der Waals surface area contributed by atoms with Gasteiger partial charge in [0.15, 0.2) is 6.29 Å². The summed E-state index contributed by atoms with van der Waals surface area (Å²) >= 11 is 0. The Kier molecular flexibility index (Phi) is 2.12. The highest BCUT2D eigenvalue weighted by Gasteiger charge is 2.08. The van der Waals surface area contributed by atoms with E-state index in [1.807, 2.05) is 26.0 Å². The normalized spacial score (nSPS) is 10.7. The molecule has 2 rings (SSSR count). The van der Waals surface area contributed by atoms with Gasteiger partial charge >= 0.3 is 0 Å². The van der Waals surface area contributed by atoms with Crippen molar-refractivity contribution in [3.63, 3.8) is 0 Å². The molecule has 0 aliphatic heterocycles. The van der Waals surface area contributed by atoms with E-state index in [1.165, 1.54) is 5.56 Å². The molecule has 0 saturated heterocycles. The predicted molar refractivity (Wildman–Crippen MR) is 57.8 cm³/mol. The van der Waals surface area contributed by atoms with Crippen LogP contribution in [-0.2, 0) is 6.42 Å². The second-order valence-electron chi connectivity index (χ2n) is 3.54. The van der Waals surface area contributed by atoms with E-state index in [-0.39, 0.29) is 0 Å². The first-order chi connectivity index (χ1) is 6.76. The summed E-state index contributed by atoms with van der Waals surface area (Å²) in [6, 6.07) is 6.11. The largest absolute Gasteiger partial charge is 0.358 e.